The Morgan fingerprint density at radius 3 is 2.47 bits per heavy atom. The summed E-state index contributed by atoms with van der Waals surface area (Å²) in [4.78, 5) is 35.9. The van der Waals surface area contributed by atoms with Crippen LogP contribution in [0.4, 0.5) is 19.6 Å². The highest BCUT2D eigenvalue weighted by atomic mass is 19.3. The number of likely N-dealkylation sites (tertiary alicyclic amines) is 1. The first-order chi connectivity index (χ1) is 21.2. The third-order valence-electron chi connectivity index (χ3n) is 9.11. The molecule has 3 aliphatic heterocycles. The summed E-state index contributed by atoms with van der Waals surface area (Å²) in [6.45, 7) is 13.5. The third kappa shape index (κ3) is 8.05. The normalized spacial score (nSPS) is 21.2. The van der Waals surface area contributed by atoms with Crippen molar-refractivity contribution in [3.8, 4) is 5.75 Å². The minimum atomic E-state index is -2.91. The summed E-state index contributed by atoms with van der Waals surface area (Å²) in [6.07, 6.45) is 2.23. The summed E-state index contributed by atoms with van der Waals surface area (Å²) >= 11 is 0. The quantitative estimate of drug-likeness (QED) is 0.348. The number of halogens is 2. The summed E-state index contributed by atoms with van der Waals surface area (Å²) in [5, 5.41) is 4.09. The van der Waals surface area contributed by atoms with Gasteiger partial charge in [-0.3, -0.25) is 9.69 Å². The van der Waals surface area contributed by atoms with Gasteiger partial charge in [-0.15, -0.1) is 0 Å². The molecular weight excluding hydrogens is 584 g/mol. The van der Waals surface area contributed by atoms with E-state index in [9.17, 15) is 18.4 Å². The molecule has 0 aliphatic carbocycles. The molecule has 0 bridgehead atoms. The van der Waals surface area contributed by atoms with Crippen molar-refractivity contribution in [1.29, 1.82) is 0 Å². The van der Waals surface area contributed by atoms with E-state index in [2.05, 4.69) is 35.8 Å². The zero-order valence-electron chi connectivity index (χ0n) is 27.4. The number of amides is 2. The molecule has 2 saturated heterocycles. The molecule has 0 unspecified atom stereocenters. The van der Waals surface area contributed by atoms with Gasteiger partial charge < -0.3 is 23.8 Å². The maximum atomic E-state index is 13.9. The van der Waals surface area contributed by atoms with Crippen LogP contribution < -0.4 is 9.64 Å². The number of ether oxygens (including phenoxy) is 2. The lowest BCUT2D eigenvalue weighted by molar-refractivity contribution is -0.138. The minimum absolute atomic E-state index is 0.0283. The lowest BCUT2D eigenvalue weighted by Crippen LogP contribution is -2.54. The maximum Gasteiger partial charge on any atom is 0.411 e. The van der Waals surface area contributed by atoms with Gasteiger partial charge >= 0.3 is 12.1 Å². The van der Waals surface area contributed by atoms with Crippen LogP contribution in [-0.2, 0) is 22.5 Å². The highest BCUT2D eigenvalue weighted by Crippen LogP contribution is 2.33. The average Bonchev–Trinajstić information content (AvgIpc) is 3.62. The zero-order chi connectivity index (χ0) is 32.5. The highest BCUT2D eigenvalue weighted by molar-refractivity contribution is 5.87. The Morgan fingerprint density at radius 1 is 1.11 bits per heavy atom. The van der Waals surface area contributed by atoms with Crippen molar-refractivity contribution >= 4 is 18.0 Å². The van der Waals surface area contributed by atoms with Crippen LogP contribution in [0.5, 0.6) is 5.75 Å². The smallest absolute Gasteiger partial charge is 0.411 e. The SMILES string of the molecule is CC(C)c1noc(N2CCC([C@H](C)CCOc3ccc4c(c3)CN(C(=O)OC(C)(C)C)[C@H](C(=O)N3CCC(F)(F)C3)C4)CC2)n1. The first-order valence-electron chi connectivity index (χ1n) is 16.2. The van der Waals surface area contributed by atoms with Crippen molar-refractivity contribution in [2.24, 2.45) is 11.8 Å². The molecule has 0 spiro atoms. The first kappa shape index (κ1) is 32.9. The summed E-state index contributed by atoms with van der Waals surface area (Å²) in [7, 11) is 0. The second kappa shape index (κ2) is 13.1. The van der Waals surface area contributed by atoms with E-state index in [1.807, 2.05) is 18.2 Å². The minimum Gasteiger partial charge on any atom is -0.494 e. The van der Waals surface area contributed by atoms with E-state index in [-0.39, 0.29) is 31.8 Å². The number of piperidine rings is 1. The third-order valence-corrected chi connectivity index (χ3v) is 9.11. The number of carbonyl (C=O) groups is 2. The molecule has 0 radical (unpaired) electrons. The molecule has 0 saturated carbocycles. The predicted molar refractivity (Wildman–Crippen MR) is 164 cm³/mol. The Labute approximate surface area is 264 Å². The van der Waals surface area contributed by atoms with Gasteiger partial charge in [0.15, 0.2) is 5.82 Å². The first-order valence-corrected chi connectivity index (χ1v) is 16.2. The van der Waals surface area contributed by atoms with E-state index >= 15 is 0 Å². The van der Waals surface area contributed by atoms with Crippen LogP contribution in [0.25, 0.3) is 0 Å². The van der Waals surface area contributed by atoms with Crippen LogP contribution in [0.15, 0.2) is 22.7 Å². The second-order valence-electron chi connectivity index (χ2n) is 14.2. The fraction of sp³-hybridized carbons (Fsp3) is 0.697. The molecule has 2 amide bonds. The molecule has 1 aromatic carbocycles. The molecule has 2 fully saturated rings. The summed E-state index contributed by atoms with van der Waals surface area (Å²) in [6, 6.07) is 5.41. The zero-order valence-corrected chi connectivity index (χ0v) is 27.4. The van der Waals surface area contributed by atoms with E-state index < -0.39 is 36.1 Å². The summed E-state index contributed by atoms with van der Waals surface area (Å²) in [5.74, 6) is -0.660. The van der Waals surface area contributed by atoms with Crippen molar-refractivity contribution in [2.45, 2.75) is 104 Å². The number of carbonyl (C=O) groups excluding carboxylic acids is 2. The van der Waals surface area contributed by atoms with Crippen molar-refractivity contribution in [1.82, 2.24) is 19.9 Å². The molecule has 5 rings (SSSR count). The average molecular weight is 632 g/mol. The Morgan fingerprint density at radius 2 is 1.84 bits per heavy atom. The molecule has 10 nitrogen and oxygen atoms in total. The molecular formula is C33H47F2N5O5. The topological polar surface area (TPSA) is 101 Å². The number of rotatable bonds is 8. The van der Waals surface area contributed by atoms with E-state index in [4.69, 9.17) is 14.0 Å². The standard InChI is InChI=1S/C33H47F2N5O5/c1-21(2)28-36-30(45-37-28)38-13-9-23(10-14-38)22(3)11-16-43-26-8-7-24-18-27(29(41)39-15-12-33(34,35)20-39)40(19-25(24)17-26)31(42)44-32(4,5)6/h7-8,17,21-23,27H,9-16,18-20H2,1-6H3/t22-,27+/m1/s1. The molecule has 12 heteroatoms. The molecule has 2 atom stereocenters. The summed E-state index contributed by atoms with van der Waals surface area (Å²) in [5.41, 5.74) is 0.984. The number of fused-ring (bicyclic) bond motifs is 1. The predicted octanol–water partition coefficient (Wildman–Crippen LogP) is 6.04. The van der Waals surface area contributed by atoms with Gasteiger partial charge in [-0.2, -0.15) is 4.98 Å². The van der Waals surface area contributed by atoms with E-state index in [1.165, 1.54) is 9.80 Å². The molecule has 1 aromatic heterocycles. The molecule has 0 N–H and O–H groups in total. The fourth-order valence-electron chi connectivity index (χ4n) is 6.37. The Kier molecular flexibility index (Phi) is 9.60. The van der Waals surface area contributed by atoms with Crippen LogP contribution in [0, 0.1) is 11.8 Å². The molecule has 4 heterocycles. The van der Waals surface area contributed by atoms with Gasteiger partial charge in [-0.1, -0.05) is 32.0 Å². The van der Waals surface area contributed by atoms with Crippen molar-refractivity contribution in [3.05, 3.63) is 35.2 Å². The van der Waals surface area contributed by atoms with Gasteiger partial charge in [-0.25, -0.2) is 13.6 Å². The van der Waals surface area contributed by atoms with Gasteiger partial charge in [0.25, 0.3) is 5.92 Å². The van der Waals surface area contributed by atoms with E-state index in [0.717, 1.165) is 49.3 Å². The van der Waals surface area contributed by atoms with Crippen LogP contribution in [0.3, 0.4) is 0 Å². The van der Waals surface area contributed by atoms with E-state index in [0.29, 0.717) is 30.2 Å². The monoisotopic (exact) mass is 631 g/mol. The lowest BCUT2D eigenvalue weighted by Gasteiger charge is -2.38. The van der Waals surface area contributed by atoms with Crippen molar-refractivity contribution < 1.29 is 32.4 Å². The van der Waals surface area contributed by atoms with Crippen molar-refractivity contribution in [2.75, 3.05) is 37.7 Å². The molecule has 2 aromatic rings. The van der Waals surface area contributed by atoms with Gasteiger partial charge in [0.1, 0.15) is 17.4 Å². The fourth-order valence-corrected chi connectivity index (χ4v) is 6.37. The largest absolute Gasteiger partial charge is 0.494 e. The van der Waals surface area contributed by atoms with Gasteiger partial charge in [-0.05, 0) is 75.1 Å². The van der Waals surface area contributed by atoms with Crippen LogP contribution in [-0.4, -0.2) is 82.3 Å². The molecule has 45 heavy (non-hydrogen) atoms. The Balaban J connectivity index is 1.17. The lowest BCUT2D eigenvalue weighted by atomic mass is 9.84. The number of hydrogen-bond acceptors (Lipinski definition) is 8. The number of hydrogen-bond donors (Lipinski definition) is 0. The van der Waals surface area contributed by atoms with Crippen LogP contribution in [0.1, 0.15) is 90.1 Å². The van der Waals surface area contributed by atoms with Gasteiger partial charge in [0, 0.05) is 38.4 Å². The Hall–Kier alpha value is -3.44. The number of alkyl halides is 2. The maximum absolute atomic E-state index is 13.9. The Bertz CT molecular complexity index is 1350. The molecule has 3 aliphatic rings. The second-order valence-corrected chi connectivity index (χ2v) is 14.2. The number of nitrogens with zero attached hydrogens (tertiary/aromatic N) is 5. The summed E-state index contributed by atoms with van der Waals surface area (Å²) < 4.78 is 45.1. The van der Waals surface area contributed by atoms with Crippen LogP contribution >= 0.6 is 0 Å². The van der Waals surface area contributed by atoms with Gasteiger partial charge in [0.05, 0.1) is 19.7 Å². The number of benzene rings is 1. The number of aromatic nitrogens is 2. The molecule has 248 valence electrons. The van der Waals surface area contributed by atoms with Crippen molar-refractivity contribution in [3.63, 3.8) is 0 Å². The van der Waals surface area contributed by atoms with Crippen LogP contribution in [0.2, 0.25) is 0 Å². The van der Waals surface area contributed by atoms with E-state index in [1.54, 1.807) is 20.8 Å². The highest BCUT2D eigenvalue weighted by Gasteiger charge is 2.45. The van der Waals surface area contributed by atoms with Gasteiger partial charge in [0.2, 0.25) is 5.91 Å². The number of anilines is 1.